The van der Waals surface area contributed by atoms with Crippen LogP contribution in [0.1, 0.15) is 0 Å². The largest absolute Gasteiger partial charge is 0.312 e. The summed E-state index contributed by atoms with van der Waals surface area (Å²) >= 11 is 0. The zero-order valence-corrected chi connectivity index (χ0v) is 18.3. The van der Waals surface area contributed by atoms with Crippen molar-refractivity contribution in [1.29, 1.82) is 0 Å². The van der Waals surface area contributed by atoms with Crippen LogP contribution in [-0.2, 0) is 20.2 Å². The Morgan fingerprint density at radius 1 is 0.833 bits per heavy atom. The summed E-state index contributed by atoms with van der Waals surface area (Å²) in [5.41, 5.74) is 0.205. The Morgan fingerprint density at radius 2 is 1.46 bits per heavy atom. The molecule has 2 N–H and O–H groups in total. The molecule has 3 rings (SSSR count). The van der Waals surface area contributed by atoms with E-state index in [0.717, 1.165) is 12.1 Å². The normalized spacial score (nSPS) is 11.8. The van der Waals surface area contributed by atoms with E-state index < -0.39 is 30.2 Å². The molecular weight excluding hydrogens is 378 g/mol. The molecule has 0 fully saturated rings. The molecule has 2 radical (unpaired) electrons. The Kier molecular flexibility index (Phi) is 6.95. The average Bonchev–Trinajstić information content (AvgIpc) is 2.44. The molecule has 0 amide bonds. The number of aromatic nitrogens is 2. The van der Waals surface area contributed by atoms with Gasteiger partial charge in [-0.3, -0.25) is 14.1 Å². The van der Waals surface area contributed by atoms with E-state index in [4.69, 9.17) is 4.55 Å². The van der Waals surface area contributed by atoms with Gasteiger partial charge in [0.05, 0.1) is 11.0 Å². The maximum atomic E-state index is 11.5. The second-order valence-corrected chi connectivity index (χ2v) is 7.20. The molecule has 0 spiro atoms. The second kappa shape index (κ2) is 7.62. The van der Waals surface area contributed by atoms with Gasteiger partial charge >= 0.3 is 10.1 Å². The van der Waals surface area contributed by atoms with Crippen molar-refractivity contribution in [3.8, 4) is 0 Å². The Balaban J connectivity index is 0.00000144. The van der Waals surface area contributed by atoms with Crippen LogP contribution < -0.4 is 0 Å². The van der Waals surface area contributed by atoms with Crippen molar-refractivity contribution < 1.29 is 25.9 Å². The number of nitrogens with zero attached hydrogens (tertiary/aromatic N) is 2. The third-order valence-electron chi connectivity index (χ3n) is 3.04. The molecule has 0 unspecified atom stereocenters. The maximum Gasteiger partial charge on any atom is 0.312 e. The summed E-state index contributed by atoms with van der Waals surface area (Å²) < 4.78 is 63.8. The van der Waals surface area contributed by atoms with Crippen molar-refractivity contribution in [2.75, 3.05) is 0 Å². The first-order valence-corrected chi connectivity index (χ1v) is 8.69. The zero-order valence-electron chi connectivity index (χ0n) is 12.7. The summed E-state index contributed by atoms with van der Waals surface area (Å²) in [6, 6.07) is 6.62. The number of pyridine rings is 2. The third-order valence-corrected chi connectivity index (χ3v) is 4.69. The molecule has 1 aromatic carbocycles. The van der Waals surface area contributed by atoms with E-state index in [1.807, 2.05) is 0 Å². The first-order chi connectivity index (χ1) is 10.2. The molecule has 2 aromatic heterocycles. The SMILES string of the molecule is O=S(=O)(O)c1ccc2ccc3nccc(S(=O)(=O)O)c3c2n1.[Na].[Na]. The topological polar surface area (TPSA) is 135 Å². The van der Waals surface area contributed by atoms with Gasteiger partial charge in [-0.15, -0.1) is 0 Å². The van der Waals surface area contributed by atoms with Gasteiger partial charge in [0.15, 0.2) is 5.03 Å². The van der Waals surface area contributed by atoms with Crippen molar-refractivity contribution in [2.24, 2.45) is 0 Å². The van der Waals surface area contributed by atoms with Gasteiger partial charge in [0.25, 0.3) is 10.1 Å². The third kappa shape index (κ3) is 4.15. The molecule has 0 aliphatic heterocycles. The molecule has 0 aliphatic carbocycles. The van der Waals surface area contributed by atoms with Crippen LogP contribution in [-0.4, -0.2) is 95.0 Å². The van der Waals surface area contributed by atoms with Gasteiger partial charge in [-0.25, -0.2) is 4.98 Å². The van der Waals surface area contributed by atoms with Crippen LogP contribution in [0.2, 0.25) is 0 Å². The van der Waals surface area contributed by atoms with Gasteiger partial charge in [0, 0.05) is 76.1 Å². The van der Waals surface area contributed by atoms with Crippen molar-refractivity contribution >= 4 is 101 Å². The Labute approximate surface area is 181 Å². The van der Waals surface area contributed by atoms with Crippen LogP contribution in [0, 0.1) is 0 Å². The predicted octanol–water partition coefficient (Wildman–Crippen LogP) is 0.515. The quantitative estimate of drug-likeness (QED) is 0.370. The van der Waals surface area contributed by atoms with Crippen LogP contribution in [0.25, 0.3) is 21.8 Å². The Hall–Kier alpha value is -0.140. The molecule has 12 heteroatoms. The standard InChI is InChI=1S/C12H8N2O6S2.2Na/c15-21(16,17)9-5-6-13-8-3-1-7-2-4-10(22(18,19)20)14-12(7)11(8)9;;/h1-6H,(H,15,16,17)(H,18,19,20);;. The molecule has 3 aromatic rings. The van der Waals surface area contributed by atoms with Crippen molar-refractivity contribution in [2.45, 2.75) is 9.92 Å². The molecule has 0 atom stereocenters. The Bertz CT molecular complexity index is 1130. The molecule has 2 heterocycles. The van der Waals surface area contributed by atoms with Crippen LogP contribution >= 0.6 is 0 Å². The molecule has 8 nitrogen and oxygen atoms in total. The van der Waals surface area contributed by atoms with Crippen LogP contribution in [0.3, 0.4) is 0 Å². The van der Waals surface area contributed by atoms with E-state index in [2.05, 4.69) is 9.97 Å². The zero-order chi connectivity index (χ0) is 16.1. The summed E-state index contributed by atoms with van der Waals surface area (Å²) in [5.74, 6) is 0. The summed E-state index contributed by atoms with van der Waals surface area (Å²) in [6.45, 7) is 0. The first kappa shape index (κ1) is 21.9. The molecule has 0 bridgehead atoms. The number of fused-ring (bicyclic) bond motifs is 3. The molecule has 116 valence electrons. The van der Waals surface area contributed by atoms with E-state index >= 15 is 0 Å². The van der Waals surface area contributed by atoms with Crippen LogP contribution in [0.4, 0.5) is 0 Å². The van der Waals surface area contributed by atoms with E-state index in [9.17, 15) is 21.4 Å². The van der Waals surface area contributed by atoms with Gasteiger partial charge in [0.2, 0.25) is 0 Å². The summed E-state index contributed by atoms with van der Waals surface area (Å²) in [6.07, 6.45) is 1.20. The van der Waals surface area contributed by atoms with Crippen molar-refractivity contribution in [3.05, 3.63) is 36.5 Å². The average molecular weight is 386 g/mol. The van der Waals surface area contributed by atoms with E-state index in [0.29, 0.717) is 5.39 Å². The minimum Gasteiger partial charge on any atom is -0.282 e. The van der Waals surface area contributed by atoms with Gasteiger partial charge < -0.3 is 0 Å². The fraction of sp³-hybridized carbons (Fsp3) is 0. The second-order valence-electron chi connectivity index (χ2n) is 4.44. The minimum atomic E-state index is -4.56. The fourth-order valence-electron chi connectivity index (χ4n) is 2.14. The number of hydrogen-bond acceptors (Lipinski definition) is 6. The smallest absolute Gasteiger partial charge is 0.282 e. The summed E-state index contributed by atoms with van der Waals surface area (Å²) in [7, 11) is -9.12. The van der Waals surface area contributed by atoms with E-state index in [-0.39, 0.29) is 75.5 Å². The van der Waals surface area contributed by atoms with Crippen molar-refractivity contribution in [3.63, 3.8) is 0 Å². The first-order valence-electron chi connectivity index (χ1n) is 5.81. The number of rotatable bonds is 2. The maximum absolute atomic E-state index is 11.5. The van der Waals surface area contributed by atoms with Gasteiger partial charge in [0.1, 0.15) is 4.90 Å². The molecule has 0 saturated heterocycles. The minimum absolute atomic E-state index is 0. The van der Waals surface area contributed by atoms with Gasteiger partial charge in [-0.2, -0.15) is 16.8 Å². The summed E-state index contributed by atoms with van der Waals surface area (Å²) in [4.78, 5) is 7.32. The van der Waals surface area contributed by atoms with E-state index in [1.165, 1.54) is 18.3 Å². The molecular formula is C12H8N2Na2O6S2. The summed E-state index contributed by atoms with van der Waals surface area (Å²) in [5, 5.41) is -0.219. The predicted molar refractivity (Wildman–Crippen MR) is 88.2 cm³/mol. The van der Waals surface area contributed by atoms with Crippen LogP contribution in [0.15, 0.2) is 46.5 Å². The van der Waals surface area contributed by atoms with E-state index in [1.54, 1.807) is 6.07 Å². The molecule has 24 heavy (non-hydrogen) atoms. The Morgan fingerprint density at radius 3 is 2.04 bits per heavy atom. The van der Waals surface area contributed by atoms with Gasteiger partial charge in [-0.05, 0) is 24.3 Å². The molecule has 0 saturated carbocycles. The molecule has 0 aliphatic rings. The van der Waals surface area contributed by atoms with Crippen LogP contribution in [0.5, 0.6) is 0 Å². The fourth-order valence-corrected chi connectivity index (χ4v) is 3.28. The van der Waals surface area contributed by atoms with Crippen molar-refractivity contribution in [1.82, 2.24) is 9.97 Å². The number of benzene rings is 1. The number of hydrogen-bond donors (Lipinski definition) is 2. The monoisotopic (exact) mass is 386 g/mol. The van der Waals surface area contributed by atoms with Gasteiger partial charge in [-0.1, -0.05) is 6.07 Å².